The summed E-state index contributed by atoms with van der Waals surface area (Å²) in [6.07, 6.45) is 4.63. The Morgan fingerprint density at radius 1 is 0.806 bits per heavy atom. The number of aryl methyl sites for hydroxylation is 1. The molecule has 0 amide bonds. The first-order valence-electron chi connectivity index (χ1n) is 11.0. The first-order valence-corrected chi connectivity index (χ1v) is 11.0. The topological polar surface area (TPSA) is 26.5 Å². The van der Waals surface area contributed by atoms with Gasteiger partial charge in [0.2, 0.25) is 0 Å². The van der Waals surface area contributed by atoms with Crippen molar-refractivity contribution >= 4 is 28.5 Å². The summed E-state index contributed by atoms with van der Waals surface area (Å²) >= 11 is 0. The fourth-order valence-corrected chi connectivity index (χ4v) is 4.86. The van der Waals surface area contributed by atoms with Gasteiger partial charge < -0.3 is 5.11 Å². The molecule has 2 aliphatic rings. The summed E-state index contributed by atoms with van der Waals surface area (Å²) in [6.45, 7) is 3.73. The number of hydrogen-bond donors (Lipinski definition) is 1. The summed E-state index contributed by atoms with van der Waals surface area (Å²) in [7, 11) is 0. The van der Waals surface area contributed by atoms with Gasteiger partial charge in [0.15, 0.2) is 6.54 Å². The molecular weight excluding hydrogens is 448 g/mol. The lowest BCUT2D eigenvalue weighted by Crippen LogP contribution is -2.47. The van der Waals surface area contributed by atoms with Crippen LogP contribution < -0.4 is 4.90 Å². The molecule has 0 aromatic heterocycles. The number of benzene rings is 3. The van der Waals surface area contributed by atoms with Crippen LogP contribution >= 0.6 is 17.0 Å². The van der Waals surface area contributed by atoms with Crippen molar-refractivity contribution in [2.24, 2.45) is 0 Å². The standard InChI is InChI=1S/C27H29N2O.BrH/c1-21-11-17-25(18-12-21)29-26-10-6-3-7-19-28(26)20-27(29,30)24-15-13-23(14-16-24)22-8-4-2-5-9-22;/h2,4-5,8-9,11-18,30H,3,6-7,10,19-20H2,1H3;1H/q+1;. The monoisotopic (exact) mass is 477 g/mol. The van der Waals surface area contributed by atoms with Crippen molar-refractivity contribution in [3.05, 3.63) is 90.0 Å². The van der Waals surface area contributed by atoms with Crippen LogP contribution in [0.15, 0.2) is 78.9 Å². The highest BCUT2D eigenvalue weighted by molar-refractivity contribution is 8.93. The molecule has 0 saturated carbocycles. The Hall–Kier alpha value is -2.43. The molecule has 4 heteroatoms. The number of hydrogen-bond acceptors (Lipinski definition) is 2. The normalized spacial score (nSPS) is 20.8. The lowest BCUT2D eigenvalue weighted by atomic mass is 9.96. The van der Waals surface area contributed by atoms with Gasteiger partial charge in [-0.15, -0.1) is 17.0 Å². The Kier molecular flexibility index (Phi) is 6.31. The Morgan fingerprint density at radius 2 is 1.48 bits per heavy atom. The van der Waals surface area contributed by atoms with Gasteiger partial charge in [0.1, 0.15) is 5.69 Å². The number of rotatable bonds is 3. The van der Waals surface area contributed by atoms with Gasteiger partial charge in [-0.05, 0) is 49.4 Å². The molecule has 0 radical (unpaired) electrons. The van der Waals surface area contributed by atoms with Crippen molar-refractivity contribution < 1.29 is 9.68 Å². The van der Waals surface area contributed by atoms with Crippen LogP contribution in [0.5, 0.6) is 0 Å². The lowest BCUT2D eigenvalue weighted by Gasteiger charge is -2.29. The van der Waals surface area contributed by atoms with Crippen LogP contribution in [0, 0.1) is 6.92 Å². The van der Waals surface area contributed by atoms with E-state index in [2.05, 4.69) is 89.2 Å². The second kappa shape index (κ2) is 8.97. The zero-order valence-electron chi connectivity index (χ0n) is 18.0. The van der Waals surface area contributed by atoms with Crippen molar-refractivity contribution in [2.45, 2.75) is 38.3 Å². The van der Waals surface area contributed by atoms with E-state index in [0.717, 1.165) is 24.2 Å². The summed E-state index contributed by atoms with van der Waals surface area (Å²) in [5.74, 6) is 1.26. The predicted molar refractivity (Wildman–Crippen MR) is 133 cm³/mol. The number of halogens is 1. The van der Waals surface area contributed by atoms with Crippen molar-refractivity contribution in [1.29, 1.82) is 0 Å². The van der Waals surface area contributed by atoms with Gasteiger partial charge in [-0.3, -0.25) is 4.58 Å². The predicted octanol–water partition coefficient (Wildman–Crippen LogP) is 5.89. The fraction of sp³-hybridized carbons (Fsp3) is 0.296. The van der Waals surface area contributed by atoms with Crippen LogP contribution in [0.4, 0.5) is 5.69 Å². The van der Waals surface area contributed by atoms with E-state index in [0.29, 0.717) is 6.54 Å². The van der Waals surface area contributed by atoms with Crippen LogP contribution in [-0.2, 0) is 5.72 Å². The molecule has 0 saturated heterocycles. The maximum atomic E-state index is 12.1. The van der Waals surface area contributed by atoms with Gasteiger partial charge in [-0.1, -0.05) is 72.3 Å². The number of anilines is 1. The number of amidine groups is 1. The van der Waals surface area contributed by atoms with Crippen molar-refractivity contribution in [3.8, 4) is 11.1 Å². The van der Waals surface area contributed by atoms with Gasteiger partial charge in [-0.25, -0.2) is 0 Å². The van der Waals surface area contributed by atoms with Crippen molar-refractivity contribution in [2.75, 3.05) is 18.0 Å². The number of nitrogens with zero attached hydrogens (tertiary/aromatic N) is 2. The largest absolute Gasteiger partial charge is 0.346 e. The van der Waals surface area contributed by atoms with E-state index in [1.807, 2.05) is 6.07 Å². The van der Waals surface area contributed by atoms with E-state index < -0.39 is 5.72 Å². The van der Waals surface area contributed by atoms with Crippen LogP contribution in [0.1, 0.15) is 36.8 Å². The second-order valence-electron chi connectivity index (χ2n) is 8.58. The summed E-state index contributed by atoms with van der Waals surface area (Å²) in [5.41, 5.74) is 4.55. The summed E-state index contributed by atoms with van der Waals surface area (Å²) in [5, 5.41) is 12.1. The molecule has 0 fully saturated rings. The van der Waals surface area contributed by atoms with E-state index in [9.17, 15) is 5.11 Å². The zero-order valence-corrected chi connectivity index (χ0v) is 19.7. The van der Waals surface area contributed by atoms with E-state index >= 15 is 0 Å². The third kappa shape index (κ3) is 4.07. The minimum atomic E-state index is -1.06. The Labute approximate surface area is 195 Å². The van der Waals surface area contributed by atoms with E-state index in [1.165, 1.54) is 41.8 Å². The Bertz CT molecular complexity index is 1060. The quantitative estimate of drug-likeness (QED) is 0.475. The minimum absolute atomic E-state index is 0. The highest BCUT2D eigenvalue weighted by atomic mass is 79.9. The molecular formula is C27H30BrN2O+. The molecule has 0 spiro atoms. The smallest absolute Gasteiger partial charge is 0.275 e. The van der Waals surface area contributed by atoms with E-state index in [-0.39, 0.29) is 17.0 Å². The molecule has 0 aliphatic carbocycles. The lowest BCUT2D eigenvalue weighted by molar-refractivity contribution is -0.534. The van der Waals surface area contributed by atoms with Gasteiger partial charge in [0.05, 0.1) is 6.54 Å². The van der Waals surface area contributed by atoms with Gasteiger partial charge in [0, 0.05) is 12.0 Å². The fourth-order valence-electron chi connectivity index (χ4n) is 4.86. The average molecular weight is 478 g/mol. The second-order valence-corrected chi connectivity index (χ2v) is 8.58. The van der Waals surface area contributed by atoms with Crippen molar-refractivity contribution in [1.82, 2.24) is 0 Å². The average Bonchev–Trinajstić information content (AvgIpc) is 2.91. The maximum absolute atomic E-state index is 12.1. The van der Waals surface area contributed by atoms with Gasteiger partial charge >= 0.3 is 0 Å². The van der Waals surface area contributed by atoms with Crippen LogP contribution in [0.3, 0.4) is 0 Å². The molecule has 2 aliphatic heterocycles. The Morgan fingerprint density at radius 3 is 2.19 bits per heavy atom. The summed E-state index contributed by atoms with van der Waals surface area (Å²) in [4.78, 5) is 2.19. The maximum Gasteiger partial charge on any atom is 0.275 e. The molecule has 3 aromatic carbocycles. The molecule has 0 bridgehead atoms. The first-order chi connectivity index (χ1) is 14.6. The molecule has 1 atom stereocenters. The molecule has 1 N–H and O–H groups in total. The third-order valence-electron chi connectivity index (χ3n) is 6.48. The highest BCUT2D eigenvalue weighted by Crippen LogP contribution is 2.38. The molecule has 31 heavy (non-hydrogen) atoms. The van der Waals surface area contributed by atoms with Crippen LogP contribution in [0.25, 0.3) is 11.1 Å². The van der Waals surface area contributed by atoms with Crippen LogP contribution in [0.2, 0.25) is 0 Å². The van der Waals surface area contributed by atoms with Gasteiger partial charge in [-0.2, -0.15) is 4.90 Å². The SMILES string of the molecule is Br.Cc1ccc(N2C3=[N+](CCCCC3)CC2(O)c2ccc(-c3ccccc3)cc2)cc1. The number of aliphatic hydroxyl groups is 1. The third-order valence-corrected chi connectivity index (χ3v) is 6.48. The summed E-state index contributed by atoms with van der Waals surface area (Å²) < 4.78 is 2.40. The van der Waals surface area contributed by atoms with E-state index in [1.54, 1.807) is 0 Å². The molecule has 1 unspecified atom stereocenters. The highest BCUT2D eigenvalue weighted by Gasteiger charge is 2.53. The molecule has 5 rings (SSSR count). The van der Waals surface area contributed by atoms with Gasteiger partial charge in [0.25, 0.3) is 11.6 Å². The van der Waals surface area contributed by atoms with Crippen LogP contribution in [-0.4, -0.2) is 28.6 Å². The van der Waals surface area contributed by atoms with E-state index in [4.69, 9.17) is 0 Å². The van der Waals surface area contributed by atoms with Crippen molar-refractivity contribution in [3.63, 3.8) is 0 Å². The molecule has 2 heterocycles. The molecule has 3 nitrogen and oxygen atoms in total. The molecule has 3 aromatic rings. The first kappa shape index (κ1) is 21.8. The minimum Gasteiger partial charge on any atom is -0.346 e. The Balaban J connectivity index is 0.00000231. The zero-order chi connectivity index (χ0) is 20.6. The molecule has 160 valence electrons. The summed E-state index contributed by atoms with van der Waals surface area (Å²) in [6, 6.07) is 27.4.